The second kappa shape index (κ2) is 11.2. The molecule has 2 unspecified atom stereocenters. The number of ether oxygens (including phenoxy) is 1. The van der Waals surface area contributed by atoms with Crippen LogP contribution in [0.25, 0.3) is 0 Å². The molecule has 1 aromatic heterocycles. The predicted molar refractivity (Wildman–Crippen MR) is 143 cm³/mol. The Balaban J connectivity index is 0.921. The average Bonchev–Trinajstić information content (AvgIpc) is 3.23. The van der Waals surface area contributed by atoms with Gasteiger partial charge in [0.1, 0.15) is 12.4 Å². The van der Waals surface area contributed by atoms with E-state index in [1.165, 1.54) is 6.39 Å². The number of hydrogen-bond acceptors (Lipinski definition) is 8. The molecule has 1 saturated heterocycles. The van der Waals surface area contributed by atoms with Crippen molar-refractivity contribution >= 4 is 17.5 Å². The highest BCUT2D eigenvalue weighted by atomic mass is 35.5. The zero-order valence-corrected chi connectivity index (χ0v) is 23.1. The van der Waals surface area contributed by atoms with Crippen LogP contribution in [0.2, 0.25) is 5.02 Å². The summed E-state index contributed by atoms with van der Waals surface area (Å²) in [7, 11) is 0. The number of carbonyl (C=O) groups excluding carboxylic acids is 1. The number of aliphatic hydroxyl groups excluding tert-OH is 1. The van der Waals surface area contributed by atoms with E-state index in [9.17, 15) is 18.7 Å². The van der Waals surface area contributed by atoms with Crippen molar-refractivity contribution in [2.24, 2.45) is 11.3 Å². The molecule has 2 saturated carbocycles. The Morgan fingerprint density at radius 3 is 2.95 bits per heavy atom. The van der Waals surface area contributed by atoms with Crippen LogP contribution in [-0.4, -0.2) is 71.3 Å². The van der Waals surface area contributed by atoms with Crippen LogP contribution in [-0.2, 0) is 24.4 Å². The molecule has 2 aromatic rings. The van der Waals surface area contributed by atoms with Gasteiger partial charge in [-0.15, -0.1) is 0 Å². The van der Waals surface area contributed by atoms with E-state index in [2.05, 4.69) is 25.8 Å². The second-order valence-corrected chi connectivity index (χ2v) is 12.2. The van der Waals surface area contributed by atoms with Crippen molar-refractivity contribution in [3.8, 4) is 5.75 Å². The number of oxazole rings is 1. The number of β-amino-alcohol motifs (C(OH)–C–C–N with tert-alkyl or cyclic N) is 1. The van der Waals surface area contributed by atoms with E-state index < -0.39 is 17.4 Å². The Morgan fingerprint density at radius 1 is 1.38 bits per heavy atom. The van der Waals surface area contributed by atoms with Crippen molar-refractivity contribution in [2.45, 2.75) is 75.9 Å². The van der Waals surface area contributed by atoms with Crippen LogP contribution in [0.4, 0.5) is 8.78 Å². The van der Waals surface area contributed by atoms with Crippen LogP contribution in [0.5, 0.6) is 5.75 Å². The van der Waals surface area contributed by atoms with Gasteiger partial charge in [-0.2, -0.15) is 0 Å². The van der Waals surface area contributed by atoms with Crippen molar-refractivity contribution in [1.82, 2.24) is 25.8 Å². The third-order valence-corrected chi connectivity index (χ3v) is 9.32. The largest absolute Gasteiger partial charge is 0.484 e. The predicted octanol–water partition coefficient (Wildman–Crippen LogP) is 2.85. The number of aliphatic hydroxyl groups is 1. The molecule has 1 amide bonds. The van der Waals surface area contributed by atoms with E-state index >= 15 is 0 Å². The molecule has 3 atom stereocenters. The number of rotatable bonds is 10. The molecule has 1 aromatic carbocycles. The number of halogens is 3. The van der Waals surface area contributed by atoms with Crippen LogP contribution in [0.15, 0.2) is 29.1 Å². The van der Waals surface area contributed by atoms with E-state index in [0.717, 1.165) is 24.1 Å². The fourth-order valence-corrected chi connectivity index (χ4v) is 6.83. The van der Waals surface area contributed by atoms with E-state index in [1.54, 1.807) is 6.20 Å². The normalized spacial score (nSPS) is 29.9. The van der Waals surface area contributed by atoms with Crippen molar-refractivity contribution in [3.05, 3.63) is 46.6 Å². The van der Waals surface area contributed by atoms with Gasteiger partial charge in [-0.1, -0.05) is 17.7 Å². The molecule has 0 bridgehead atoms. The lowest BCUT2D eigenvalue weighted by Gasteiger charge is -2.41. The number of nitrogens with zero attached hydrogens (tertiary/aromatic N) is 2. The zero-order valence-electron chi connectivity index (χ0n) is 22.3. The van der Waals surface area contributed by atoms with Crippen LogP contribution in [0, 0.1) is 11.3 Å². The topological polar surface area (TPSA) is 112 Å². The number of amides is 1. The first-order valence-electron chi connectivity index (χ1n) is 14.1. The Hall–Kier alpha value is -2.31. The summed E-state index contributed by atoms with van der Waals surface area (Å²) in [4.78, 5) is 18.9. The first-order valence-corrected chi connectivity index (χ1v) is 14.4. The molecule has 4 aliphatic rings. The van der Waals surface area contributed by atoms with Gasteiger partial charge in [-0.3, -0.25) is 15.0 Å². The molecule has 40 heavy (non-hydrogen) atoms. The molecule has 12 heteroatoms. The average molecular weight is 580 g/mol. The second-order valence-electron chi connectivity index (χ2n) is 11.8. The minimum Gasteiger partial charge on any atom is -0.484 e. The van der Waals surface area contributed by atoms with E-state index in [4.69, 9.17) is 20.8 Å². The number of carbonyl (C=O) groups is 1. The maximum atomic E-state index is 13.5. The number of hydrogen-bond donors (Lipinski definition) is 4. The standard InChI is InChI=1S/C28H36ClF2N5O4/c29-25-22-4-6-36(12-18(22)1-2-23(25)39-14-21-11-32-16-40-21)13-20(37)10-34-26(38)17-3-5-33-24(7-17)35-19-8-27(9-19)15-28(27,30)31/h1-2,11,16-17,19-20,24,33,35,37H,3-10,12-15H2,(H,34,38)/t17?,19?,20-,24?,27?/m0/s1. The van der Waals surface area contributed by atoms with Crippen LogP contribution >= 0.6 is 11.6 Å². The molecule has 2 aliphatic carbocycles. The lowest BCUT2D eigenvalue weighted by Crippen LogP contribution is -2.57. The van der Waals surface area contributed by atoms with Crippen molar-refractivity contribution < 1.29 is 27.8 Å². The molecule has 218 valence electrons. The van der Waals surface area contributed by atoms with Crippen molar-refractivity contribution in [1.29, 1.82) is 0 Å². The number of benzene rings is 1. The summed E-state index contributed by atoms with van der Waals surface area (Å²) in [5.41, 5.74) is 1.38. The van der Waals surface area contributed by atoms with Crippen LogP contribution in [0.1, 0.15) is 49.0 Å². The quantitative estimate of drug-likeness (QED) is 0.340. The number of fused-ring (bicyclic) bond motifs is 1. The van der Waals surface area contributed by atoms with Gasteiger partial charge in [0.05, 0.1) is 23.5 Å². The molecule has 2 aliphatic heterocycles. The van der Waals surface area contributed by atoms with E-state index in [-0.39, 0.29) is 43.6 Å². The van der Waals surface area contributed by atoms with Gasteiger partial charge in [0.15, 0.2) is 12.2 Å². The molecule has 6 rings (SSSR count). The Kier molecular flexibility index (Phi) is 7.77. The third-order valence-electron chi connectivity index (χ3n) is 8.91. The highest BCUT2D eigenvalue weighted by Gasteiger charge is 2.75. The lowest BCUT2D eigenvalue weighted by molar-refractivity contribution is -0.126. The summed E-state index contributed by atoms with van der Waals surface area (Å²) in [5, 5.41) is 21.0. The van der Waals surface area contributed by atoms with Gasteiger partial charge in [0.25, 0.3) is 5.92 Å². The summed E-state index contributed by atoms with van der Waals surface area (Å²) >= 11 is 6.63. The monoisotopic (exact) mass is 579 g/mol. The van der Waals surface area contributed by atoms with E-state index in [0.29, 0.717) is 61.8 Å². The summed E-state index contributed by atoms with van der Waals surface area (Å²) in [6, 6.07) is 3.93. The number of nitrogens with one attached hydrogen (secondary N) is 3. The zero-order chi connectivity index (χ0) is 27.9. The van der Waals surface area contributed by atoms with Gasteiger partial charge in [-0.05, 0) is 55.8 Å². The SMILES string of the molecule is O=C(NC[C@H](O)CN1CCc2c(ccc(OCc3cnco3)c2Cl)C1)C1CCNC(NC2CC3(C2)CC3(F)F)C1. The Bertz CT molecular complexity index is 1210. The summed E-state index contributed by atoms with van der Waals surface area (Å²) < 4.78 is 38.0. The molecule has 1 spiro atoms. The van der Waals surface area contributed by atoms with Gasteiger partial charge >= 0.3 is 0 Å². The minimum absolute atomic E-state index is 0.0165. The molecular weight excluding hydrogens is 544 g/mol. The first kappa shape index (κ1) is 27.8. The van der Waals surface area contributed by atoms with Gasteiger partial charge in [0, 0.05) is 50.0 Å². The fourth-order valence-electron chi connectivity index (χ4n) is 6.50. The fraction of sp³-hybridized carbons (Fsp3) is 0.643. The third kappa shape index (κ3) is 5.85. The summed E-state index contributed by atoms with van der Waals surface area (Å²) in [6.45, 7) is 2.94. The van der Waals surface area contributed by atoms with Gasteiger partial charge in [0.2, 0.25) is 5.91 Å². The van der Waals surface area contributed by atoms with Crippen molar-refractivity contribution in [3.63, 3.8) is 0 Å². The Morgan fingerprint density at radius 2 is 2.20 bits per heavy atom. The summed E-state index contributed by atoms with van der Waals surface area (Å²) in [5.74, 6) is -1.51. The molecular formula is C28H36ClF2N5O4. The molecule has 3 fully saturated rings. The first-order chi connectivity index (χ1) is 19.2. The highest BCUT2D eigenvalue weighted by Crippen LogP contribution is 2.71. The maximum absolute atomic E-state index is 13.5. The van der Waals surface area contributed by atoms with Crippen LogP contribution in [0.3, 0.4) is 0 Å². The Labute approximate surface area is 237 Å². The number of piperidine rings is 1. The lowest BCUT2D eigenvalue weighted by atomic mass is 9.76. The highest BCUT2D eigenvalue weighted by molar-refractivity contribution is 6.33. The van der Waals surface area contributed by atoms with Crippen molar-refractivity contribution in [2.75, 3.05) is 26.2 Å². The van der Waals surface area contributed by atoms with E-state index in [1.807, 2.05) is 12.1 Å². The summed E-state index contributed by atoms with van der Waals surface area (Å²) in [6.07, 6.45) is 5.28. The molecule has 9 nitrogen and oxygen atoms in total. The molecule has 3 heterocycles. The molecule has 0 radical (unpaired) electrons. The number of aromatic nitrogens is 1. The smallest absolute Gasteiger partial charge is 0.254 e. The van der Waals surface area contributed by atoms with Gasteiger partial charge < -0.3 is 24.9 Å². The number of alkyl halides is 2. The maximum Gasteiger partial charge on any atom is 0.254 e. The minimum atomic E-state index is -2.49. The van der Waals surface area contributed by atoms with Gasteiger partial charge in [-0.25, -0.2) is 13.8 Å². The molecule has 4 N–H and O–H groups in total. The van der Waals surface area contributed by atoms with Crippen LogP contribution < -0.4 is 20.7 Å².